The second kappa shape index (κ2) is 5.08. The molecule has 0 spiro atoms. The maximum Gasteiger partial charge on any atom is 0.136 e. The topological polar surface area (TPSA) is 25.8 Å². The fourth-order valence-corrected chi connectivity index (χ4v) is 1.93. The zero-order valence-electron chi connectivity index (χ0n) is 9.15. The predicted molar refractivity (Wildman–Crippen MR) is 66.5 cm³/mol. The van der Waals surface area contributed by atoms with Crippen LogP contribution in [0.4, 0.5) is 0 Å². The molecular formula is C13H13ClN2. The normalized spacial score (nSPS) is 10.4. The number of benzene rings is 1. The summed E-state index contributed by atoms with van der Waals surface area (Å²) in [5.74, 6) is 0. The van der Waals surface area contributed by atoms with E-state index in [0.717, 1.165) is 29.7 Å². The molecule has 16 heavy (non-hydrogen) atoms. The lowest BCUT2D eigenvalue weighted by molar-refractivity contribution is 0.904. The Labute approximate surface area is 100 Å². The van der Waals surface area contributed by atoms with E-state index in [1.54, 1.807) is 0 Å². The molecule has 0 amide bonds. The lowest BCUT2D eigenvalue weighted by atomic mass is 10.0. The molecule has 0 fully saturated rings. The number of hydrogen-bond donors (Lipinski definition) is 0. The van der Waals surface area contributed by atoms with Crippen molar-refractivity contribution in [3.8, 4) is 11.3 Å². The molecule has 2 nitrogen and oxygen atoms in total. The van der Waals surface area contributed by atoms with E-state index < -0.39 is 0 Å². The molecule has 0 aliphatic heterocycles. The third kappa shape index (κ3) is 2.22. The molecule has 3 heteroatoms. The van der Waals surface area contributed by atoms with Gasteiger partial charge in [-0.25, -0.2) is 9.97 Å². The first kappa shape index (κ1) is 11.1. The van der Waals surface area contributed by atoms with E-state index in [9.17, 15) is 0 Å². The lowest BCUT2D eigenvalue weighted by Gasteiger charge is -2.08. The van der Waals surface area contributed by atoms with E-state index in [1.807, 2.05) is 30.3 Å². The number of rotatable bonds is 3. The summed E-state index contributed by atoms with van der Waals surface area (Å²) >= 11 is 6.11. The lowest BCUT2D eigenvalue weighted by Crippen LogP contribution is -1.96. The van der Waals surface area contributed by atoms with E-state index in [0.29, 0.717) is 5.15 Å². The summed E-state index contributed by atoms with van der Waals surface area (Å²) in [6, 6.07) is 10.1. The fourth-order valence-electron chi connectivity index (χ4n) is 1.71. The van der Waals surface area contributed by atoms with Crippen molar-refractivity contribution < 1.29 is 0 Å². The first-order valence-electron chi connectivity index (χ1n) is 5.37. The van der Waals surface area contributed by atoms with Gasteiger partial charge in [-0.05, 0) is 6.42 Å². The monoisotopic (exact) mass is 232 g/mol. The maximum atomic E-state index is 6.11. The Kier molecular flexibility index (Phi) is 3.52. The van der Waals surface area contributed by atoms with Gasteiger partial charge >= 0.3 is 0 Å². The summed E-state index contributed by atoms with van der Waals surface area (Å²) in [6.07, 6.45) is 3.46. The van der Waals surface area contributed by atoms with Crippen molar-refractivity contribution in [1.29, 1.82) is 0 Å². The van der Waals surface area contributed by atoms with Crippen LogP contribution in [0.5, 0.6) is 0 Å². The highest BCUT2D eigenvalue weighted by atomic mass is 35.5. The van der Waals surface area contributed by atoms with Gasteiger partial charge in [0.1, 0.15) is 11.5 Å². The molecular weight excluding hydrogens is 220 g/mol. The van der Waals surface area contributed by atoms with Crippen molar-refractivity contribution in [2.45, 2.75) is 19.8 Å². The molecule has 2 rings (SSSR count). The number of halogens is 1. The van der Waals surface area contributed by atoms with Crippen LogP contribution >= 0.6 is 11.6 Å². The third-order valence-electron chi connectivity index (χ3n) is 2.44. The molecule has 1 heterocycles. The Balaban J connectivity index is 2.52. The highest BCUT2D eigenvalue weighted by Gasteiger charge is 2.10. The maximum absolute atomic E-state index is 6.11. The molecule has 82 valence electrons. The second-order valence-electron chi connectivity index (χ2n) is 3.61. The third-order valence-corrected chi connectivity index (χ3v) is 2.77. The Morgan fingerprint density at radius 2 is 1.88 bits per heavy atom. The van der Waals surface area contributed by atoms with Crippen LogP contribution in [0.1, 0.15) is 18.9 Å². The van der Waals surface area contributed by atoms with Gasteiger partial charge in [-0.2, -0.15) is 0 Å². The van der Waals surface area contributed by atoms with Crippen molar-refractivity contribution in [3.05, 3.63) is 47.4 Å². The second-order valence-corrected chi connectivity index (χ2v) is 3.97. The van der Waals surface area contributed by atoms with Crippen LogP contribution in [0.25, 0.3) is 11.3 Å². The standard InChI is InChI=1S/C13H13ClN2/c1-2-6-11-12(15-9-16-13(11)14)10-7-4-3-5-8-10/h3-5,7-9H,2,6H2,1H3. The molecule has 0 aliphatic carbocycles. The Morgan fingerprint density at radius 1 is 1.12 bits per heavy atom. The average Bonchev–Trinajstić information content (AvgIpc) is 2.33. The molecule has 0 unspecified atom stereocenters. The van der Waals surface area contributed by atoms with Crippen LogP contribution in [0.2, 0.25) is 5.15 Å². The van der Waals surface area contributed by atoms with E-state index >= 15 is 0 Å². The summed E-state index contributed by atoms with van der Waals surface area (Å²) in [5.41, 5.74) is 3.08. The predicted octanol–water partition coefficient (Wildman–Crippen LogP) is 3.75. The molecule has 0 atom stereocenters. The molecule has 0 bridgehead atoms. The largest absolute Gasteiger partial charge is 0.236 e. The molecule has 0 radical (unpaired) electrons. The summed E-state index contributed by atoms with van der Waals surface area (Å²) in [6.45, 7) is 2.12. The highest BCUT2D eigenvalue weighted by molar-refractivity contribution is 6.30. The van der Waals surface area contributed by atoms with Crippen molar-refractivity contribution in [2.24, 2.45) is 0 Å². The minimum atomic E-state index is 0.565. The molecule has 0 aliphatic rings. The first-order valence-corrected chi connectivity index (χ1v) is 5.75. The first-order chi connectivity index (χ1) is 7.83. The zero-order valence-corrected chi connectivity index (χ0v) is 9.91. The number of aromatic nitrogens is 2. The van der Waals surface area contributed by atoms with Crippen LogP contribution in [-0.4, -0.2) is 9.97 Å². The van der Waals surface area contributed by atoms with Gasteiger partial charge < -0.3 is 0 Å². The molecule has 2 aromatic rings. The molecule has 1 aromatic heterocycles. The Hall–Kier alpha value is -1.41. The van der Waals surface area contributed by atoms with Gasteiger partial charge in [0, 0.05) is 11.1 Å². The van der Waals surface area contributed by atoms with Crippen molar-refractivity contribution in [3.63, 3.8) is 0 Å². The zero-order chi connectivity index (χ0) is 11.4. The smallest absolute Gasteiger partial charge is 0.136 e. The van der Waals surface area contributed by atoms with Gasteiger partial charge in [0.25, 0.3) is 0 Å². The Morgan fingerprint density at radius 3 is 2.56 bits per heavy atom. The fraction of sp³-hybridized carbons (Fsp3) is 0.231. The Bertz CT molecular complexity index is 469. The van der Waals surface area contributed by atoms with Crippen LogP contribution in [0, 0.1) is 0 Å². The van der Waals surface area contributed by atoms with Gasteiger partial charge in [-0.3, -0.25) is 0 Å². The minimum Gasteiger partial charge on any atom is -0.236 e. The molecule has 0 N–H and O–H groups in total. The van der Waals surface area contributed by atoms with Crippen LogP contribution in [-0.2, 0) is 6.42 Å². The molecule has 1 aromatic carbocycles. The van der Waals surface area contributed by atoms with Gasteiger partial charge in [0.2, 0.25) is 0 Å². The summed E-state index contributed by atoms with van der Waals surface area (Å²) < 4.78 is 0. The van der Waals surface area contributed by atoms with Crippen molar-refractivity contribution in [2.75, 3.05) is 0 Å². The van der Waals surface area contributed by atoms with Crippen molar-refractivity contribution in [1.82, 2.24) is 9.97 Å². The molecule has 0 saturated heterocycles. The SMILES string of the molecule is CCCc1c(Cl)ncnc1-c1ccccc1. The van der Waals surface area contributed by atoms with Crippen molar-refractivity contribution >= 4 is 11.6 Å². The molecule has 0 saturated carbocycles. The van der Waals surface area contributed by atoms with Crippen LogP contribution in [0.3, 0.4) is 0 Å². The van der Waals surface area contributed by atoms with Gasteiger partial charge in [0.15, 0.2) is 0 Å². The summed E-state index contributed by atoms with van der Waals surface area (Å²) in [5, 5.41) is 0.565. The van der Waals surface area contributed by atoms with E-state index in [2.05, 4.69) is 16.9 Å². The van der Waals surface area contributed by atoms with E-state index in [-0.39, 0.29) is 0 Å². The van der Waals surface area contributed by atoms with Crippen LogP contribution < -0.4 is 0 Å². The average molecular weight is 233 g/mol. The van der Waals surface area contributed by atoms with Gasteiger partial charge in [0.05, 0.1) is 5.69 Å². The van der Waals surface area contributed by atoms with E-state index in [1.165, 1.54) is 6.33 Å². The number of nitrogens with zero attached hydrogens (tertiary/aromatic N) is 2. The minimum absolute atomic E-state index is 0.565. The quantitative estimate of drug-likeness (QED) is 0.754. The van der Waals surface area contributed by atoms with Gasteiger partial charge in [-0.15, -0.1) is 0 Å². The highest BCUT2D eigenvalue weighted by Crippen LogP contribution is 2.26. The van der Waals surface area contributed by atoms with Gasteiger partial charge in [-0.1, -0.05) is 55.3 Å². The van der Waals surface area contributed by atoms with E-state index in [4.69, 9.17) is 11.6 Å². The summed E-state index contributed by atoms with van der Waals surface area (Å²) in [7, 11) is 0. The van der Waals surface area contributed by atoms with Crippen LogP contribution in [0.15, 0.2) is 36.7 Å². The number of hydrogen-bond acceptors (Lipinski definition) is 2. The summed E-state index contributed by atoms with van der Waals surface area (Å²) in [4.78, 5) is 8.37.